The maximum Gasteiger partial charge on any atom is 0.0649 e. The Morgan fingerprint density at radius 3 is 1.75 bits per heavy atom. The molecule has 0 saturated heterocycles. The SMILES string of the molecule is C=CCOCC=C.F. The van der Waals surface area contributed by atoms with E-state index < -0.39 is 0 Å². The molecule has 0 aliphatic carbocycles. The molecule has 0 aromatic heterocycles. The summed E-state index contributed by atoms with van der Waals surface area (Å²) in [6.07, 6.45) is 3.42. The lowest BCUT2D eigenvalue weighted by Gasteiger charge is -1.89. The predicted octanol–water partition coefficient (Wildman–Crippen LogP) is 1.53. The molecule has 0 rings (SSSR count). The van der Waals surface area contributed by atoms with Gasteiger partial charge in [0.25, 0.3) is 0 Å². The second-order valence-corrected chi connectivity index (χ2v) is 1.11. The van der Waals surface area contributed by atoms with Crippen LogP contribution in [0, 0.1) is 0 Å². The van der Waals surface area contributed by atoms with Crippen molar-refractivity contribution in [3.8, 4) is 0 Å². The highest BCUT2D eigenvalue weighted by Gasteiger charge is 1.70. The summed E-state index contributed by atoms with van der Waals surface area (Å²) >= 11 is 0. The summed E-state index contributed by atoms with van der Waals surface area (Å²) in [4.78, 5) is 0. The van der Waals surface area contributed by atoms with Crippen LogP contribution in [0.3, 0.4) is 0 Å². The molecule has 48 valence electrons. The summed E-state index contributed by atoms with van der Waals surface area (Å²) < 4.78 is 4.90. The maximum absolute atomic E-state index is 4.90. The number of rotatable bonds is 4. The van der Waals surface area contributed by atoms with Crippen molar-refractivity contribution in [2.24, 2.45) is 0 Å². The van der Waals surface area contributed by atoms with Gasteiger partial charge in [0.1, 0.15) is 0 Å². The lowest BCUT2D eigenvalue weighted by molar-refractivity contribution is 0.194. The van der Waals surface area contributed by atoms with Gasteiger partial charge in [-0.2, -0.15) is 0 Å². The molecule has 0 aliphatic rings. The molecule has 0 N–H and O–H groups in total. The van der Waals surface area contributed by atoms with Gasteiger partial charge < -0.3 is 4.74 Å². The topological polar surface area (TPSA) is 9.23 Å². The first kappa shape index (κ1) is 10.4. The molecule has 0 unspecified atom stereocenters. The van der Waals surface area contributed by atoms with E-state index in [1.54, 1.807) is 12.2 Å². The molecule has 0 aromatic rings. The zero-order valence-corrected chi connectivity index (χ0v) is 4.80. The molecule has 0 amide bonds. The van der Waals surface area contributed by atoms with Crippen molar-refractivity contribution in [3.05, 3.63) is 25.3 Å². The number of ether oxygens (including phenoxy) is 1. The van der Waals surface area contributed by atoms with E-state index in [-0.39, 0.29) is 4.70 Å². The summed E-state index contributed by atoms with van der Waals surface area (Å²) in [5.74, 6) is 0. The Morgan fingerprint density at radius 2 is 1.50 bits per heavy atom. The molecule has 0 bridgehead atoms. The van der Waals surface area contributed by atoms with Crippen LogP contribution in [0.15, 0.2) is 25.3 Å². The third-order valence-corrected chi connectivity index (χ3v) is 0.471. The van der Waals surface area contributed by atoms with E-state index in [1.807, 2.05) is 0 Å². The molecule has 0 aromatic carbocycles. The van der Waals surface area contributed by atoms with Gasteiger partial charge in [-0.25, -0.2) is 0 Å². The second kappa shape index (κ2) is 9.62. The average Bonchev–Trinajstić information content (AvgIpc) is 1.69. The van der Waals surface area contributed by atoms with E-state index >= 15 is 0 Å². The molecule has 0 heterocycles. The van der Waals surface area contributed by atoms with Crippen LogP contribution in [0.5, 0.6) is 0 Å². The highest BCUT2D eigenvalue weighted by atomic mass is 19.0. The lowest BCUT2D eigenvalue weighted by Crippen LogP contribution is -1.87. The Balaban J connectivity index is 0. The van der Waals surface area contributed by atoms with Gasteiger partial charge in [-0.15, -0.1) is 13.2 Å². The molecular formula is C6H11FO. The highest BCUT2D eigenvalue weighted by Crippen LogP contribution is 1.72. The van der Waals surface area contributed by atoms with Gasteiger partial charge >= 0.3 is 0 Å². The predicted molar refractivity (Wildman–Crippen MR) is 33.7 cm³/mol. The average molecular weight is 118 g/mol. The van der Waals surface area contributed by atoms with Crippen LogP contribution < -0.4 is 0 Å². The number of hydrogen-bond donors (Lipinski definition) is 0. The monoisotopic (exact) mass is 118 g/mol. The van der Waals surface area contributed by atoms with Crippen LogP contribution in [0.4, 0.5) is 4.70 Å². The first-order valence-corrected chi connectivity index (χ1v) is 2.21. The van der Waals surface area contributed by atoms with Gasteiger partial charge in [-0.3, -0.25) is 4.70 Å². The smallest absolute Gasteiger partial charge is 0.0649 e. The van der Waals surface area contributed by atoms with Crippen molar-refractivity contribution >= 4 is 0 Å². The fourth-order valence-electron chi connectivity index (χ4n) is 0.235. The Bertz CT molecular complexity index is 53.5. The van der Waals surface area contributed by atoms with Crippen LogP contribution in [0.2, 0.25) is 0 Å². The molecule has 1 nitrogen and oxygen atoms in total. The fourth-order valence-corrected chi connectivity index (χ4v) is 0.235. The third kappa shape index (κ3) is 9.03. The quantitative estimate of drug-likeness (QED) is 0.402. The van der Waals surface area contributed by atoms with Crippen molar-refractivity contribution < 1.29 is 9.44 Å². The number of halogens is 1. The Labute approximate surface area is 49.0 Å². The van der Waals surface area contributed by atoms with E-state index in [2.05, 4.69) is 13.2 Å². The third-order valence-electron chi connectivity index (χ3n) is 0.471. The maximum atomic E-state index is 4.90. The van der Waals surface area contributed by atoms with Gasteiger partial charge in [-0.1, -0.05) is 12.2 Å². The first-order valence-electron chi connectivity index (χ1n) is 2.21. The van der Waals surface area contributed by atoms with Gasteiger partial charge in [0.05, 0.1) is 13.2 Å². The van der Waals surface area contributed by atoms with Gasteiger partial charge in [-0.05, 0) is 0 Å². The fraction of sp³-hybridized carbons (Fsp3) is 0.333. The van der Waals surface area contributed by atoms with Crippen molar-refractivity contribution in [2.45, 2.75) is 0 Å². The van der Waals surface area contributed by atoms with E-state index in [0.717, 1.165) is 0 Å². The van der Waals surface area contributed by atoms with Crippen molar-refractivity contribution in [2.75, 3.05) is 13.2 Å². The minimum absolute atomic E-state index is 0. The van der Waals surface area contributed by atoms with E-state index in [9.17, 15) is 0 Å². The van der Waals surface area contributed by atoms with Gasteiger partial charge in [0.15, 0.2) is 0 Å². The van der Waals surface area contributed by atoms with Crippen LogP contribution in [-0.2, 0) is 4.74 Å². The Hall–Kier alpha value is -0.630. The van der Waals surface area contributed by atoms with Gasteiger partial charge in [0.2, 0.25) is 0 Å². The summed E-state index contributed by atoms with van der Waals surface area (Å²) in [5, 5.41) is 0. The molecular weight excluding hydrogens is 107 g/mol. The Kier molecular flexibility index (Phi) is 12.5. The van der Waals surface area contributed by atoms with Crippen LogP contribution in [0.1, 0.15) is 0 Å². The zero-order chi connectivity index (χ0) is 5.54. The summed E-state index contributed by atoms with van der Waals surface area (Å²) in [7, 11) is 0. The minimum atomic E-state index is 0. The van der Waals surface area contributed by atoms with E-state index in [0.29, 0.717) is 13.2 Å². The molecule has 2 heteroatoms. The molecule has 0 aliphatic heterocycles. The molecule has 0 radical (unpaired) electrons. The second-order valence-electron chi connectivity index (χ2n) is 1.11. The Morgan fingerprint density at radius 1 is 1.12 bits per heavy atom. The van der Waals surface area contributed by atoms with Crippen LogP contribution in [-0.4, -0.2) is 13.2 Å². The summed E-state index contributed by atoms with van der Waals surface area (Å²) in [6.45, 7) is 8.18. The lowest BCUT2D eigenvalue weighted by atomic mass is 10.6. The molecule has 0 atom stereocenters. The molecule has 8 heavy (non-hydrogen) atoms. The number of hydrogen-bond acceptors (Lipinski definition) is 1. The van der Waals surface area contributed by atoms with Crippen LogP contribution >= 0.6 is 0 Å². The highest BCUT2D eigenvalue weighted by molar-refractivity contribution is 4.68. The standard InChI is InChI=1S/C6H10O.FH/c1-3-5-7-6-4-2;/h3-4H,1-2,5-6H2;1H. The molecule has 0 saturated carbocycles. The van der Waals surface area contributed by atoms with Crippen molar-refractivity contribution in [3.63, 3.8) is 0 Å². The molecule has 0 spiro atoms. The molecule has 0 fully saturated rings. The van der Waals surface area contributed by atoms with Crippen LogP contribution in [0.25, 0.3) is 0 Å². The van der Waals surface area contributed by atoms with E-state index in [1.165, 1.54) is 0 Å². The summed E-state index contributed by atoms with van der Waals surface area (Å²) in [5.41, 5.74) is 0. The first-order chi connectivity index (χ1) is 3.41. The summed E-state index contributed by atoms with van der Waals surface area (Å²) in [6, 6.07) is 0. The van der Waals surface area contributed by atoms with Gasteiger partial charge in [0, 0.05) is 0 Å². The van der Waals surface area contributed by atoms with Crippen molar-refractivity contribution in [1.82, 2.24) is 0 Å². The normalized spacial score (nSPS) is 7.00. The van der Waals surface area contributed by atoms with E-state index in [4.69, 9.17) is 4.74 Å². The zero-order valence-electron chi connectivity index (χ0n) is 4.80. The minimum Gasteiger partial charge on any atom is -0.373 e. The largest absolute Gasteiger partial charge is 0.373 e. The van der Waals surface area contributed by atoms with Crippen molar-refractivity contribution in [1.29, 1.82) is 0 Å².